The minimum absolute atomic E-state index is 0.0113. The van der Waals surface area contributed by atoms with Gasteiger partial charge in [0, 0.05) is 83.9 Å². The van der Waals surface area contributed by atoms with Gasteiger partial charge in [-0.1, -0.05) is 71.7 Å². The third kappa shape index (κ3) is 5.58. The number of hydrogen-bond acceptors (Lipinski definition) is 4. The van der Waals surface area contributed by atoms with E-state index in [2.05, 4.69) is 38.5 Å². The van der Waals surface area contributed by atoms with Gasteiger partial charge in [-0.2, -0.15) is 0 Å². The van der Waals surface area contributed by atoms with Crippen LogP contribution in [0.5, 0.6) is 0 Å². The second-order valence-electron chi connectivity index (χ2n) is 11.7. The lowest BCUT2D eigenvalue weighted by Crippen LogP contribution is -2.50. The SMILES string of the molecule is CN1CCN(C2CCN(C(=O)c3[nH]c4cc(Cl)ccc4c3-c3c(-c4ccccc4)ncn3Cc3ccc(Cl)cc3)C2)CC1. The van der Waals surface area contributed by atoms with Gasteiger partial charge in [-0.3, -0.25) is 9.69 Å². The number of H-pyrrole nitrogens is 1. The third-order valence-electron chi connectivity index (χ3n) is 8.87. The average Bonchev–Trinajstić information content (AvgIpc) is 3.76. The summed E-state index contributed by atoms with van der Waals surface area (Å²) in [5.41, 5.74) is 6.07. The Labute approximate surface area is 261 Å². The molecule has 1 atom stereocenters. The lowest BCUT2D eigenvalue weighted by atomic mass is 10.0. The highest BCUT2D eigenvalue weighted by Gasteiger charge is 2.35. The van der Waals surface area contributed by atoms with Gasteiger partial charge in [0.15, 0.2) is 0 Å². The van der Waals surface area contributed by atoms with E-state index in [4.69, 9.17) is 28.2 Å². The van der Waals surface area contributed by atoms with Gasteiger partial charge in [0.05, 0.1) is 17.7 Å². The van der Waals surface area contributed by atoms with E-state index >= 15 is 0 Å². The first-order chi connectivity index (χ1) is 20.9. The van der Waals surface area contributed by atoms with Crippen LogP contribution in [0.25, 0.3) is 33.4 Å². The quantitative estimate of drug-likeness (QED) is 0.237. The maximum Gasteiger partial charge on any atom is 0.271 e. The number of halogens is 2. The molecule has 2 fully saturated rings. The lowest BCUT2D eigenvalue weighted by molar-refractivity contribution is 0.0751. The topological polar surface area (TPSA) is 60.4 Å². The standard InChI is InChI=1S/C34H34Cl2N6O/c1-39-15-17-40(18-16-39)27-13-14-41(21-27)34(43)32-30(28-12-11-26(36)19-29(28)38-32)33-31(24-5-3-2-4-6-24)37-22-42(33)20-23-7-9-25(35)10-8-23/h2-12,19,22,27,38H,13-18,20-21H2,1H3. The number of benzene rings is 3. The molecule has 7 nitrogen and oxygen atoms in total. The van der Waals surface area contributed by atoms with Crippen LogP contribution in [0.1, 0.15) is 22.5 Å². The van der Waals surface area contributed by atoms with Gasteiger partial charge in [0.1, 0.15) is 5.69 Å². The highest BCUT2D eigenvalue weighted by molar-refractivity contribution is 6.31. The predicted octanol–water partition coefficient (Wildman–Crippen LogP) is 6.52. The van der Waals surface area contributed by atoms with Gasteiger partial charge in [-0.15, -0.1) is 0 Å². The van der Waals surface area contributed by atoms with Crippen LogP contribution in [0, 0.1) is 0 Å². The lowest BCUT2D eigenvalue weighted by Gasteiger charge is -2.36. The molecule has 3 aromatic carbocycles. The average molecular weight is 614 g/mol. The van der Waals surface area contributed by atoms with Crippen molar-refractivity contribution in [3.8, 4) is 22.5 Å². The second kappa shape index (κ2) is 11.8. The molecule has 220 valence electrons. The van der Waals surface area contributed by atoms with Crippen molar-refractivity contribution in [1.29, 1.82) is 0 Å². The number of carbonyl (C=O) groups is 1. The van der Waals surface area contributed by atoms with Gasteiger partial charge >= 0.3 is 0 Å². The maximum atomic E-state index is 14.4. The summed E-state index contributed by atoms with van der Waals surface area (Å²) in [7, 11) is 2.17. The Kier molecular flexibility index (Phi) is 7.74. The molecule has 43 heavy (non-hydrogen) atoms. The third-order valence-corrected chi connectivity index (χ3v) is 9.35. The Hall–Kier alpha value is -3.62. The molecule has 4 heterocycles. The number of likely N-dealkylation sites (N-methyl/N-ethyl adjacent to an activating group) is 1. The number of carbonyl (C=O) groups excluding carboxylic acids is 1. The summed E-state index contributed by atoms with van der Waals surface area (Å²) >= 11 is 12.6. The molecule has 2 saturated heterocycles. The second-order valence-corrected chi connectivity index (χ2v) is 12.5. The summed E-state index contributed by atoms with van der Waals surface area (Å²) in [5.74, 6) is 0.0113. The zero-order valence-electron chi connectivity index (χ0n) is 24.1. The molecule has 9 heteroatoms. The van der Waals surface area contributed by atoms with Gasteiger partial charge < -0.3 is 19.4 Å². The first-order valence-electron chi connectivity index (χ1n) is 14.8. The van der Waals surface area contributed by atoms with Crippen molar-refractivity contribution in [2.75, 3.05) is 46.3 Å². The van der Waals surface area contributed by atoms with Crippen LogP contribution < -0.4 is 0 Å². The van der Waals surface area contributed by atoms with Gasteiger partial charge in [0.25, 0.3) is 5.91 Å². The fourth-order valence-electron chi connectivity index (χ4n) is 6.50. The number of imidazole rings is 1. The molecule has 7 rings (SSSR count). The molecule has 1 N–H and O–H groups in total. The van der Waals surface area contributed by atoms with Crippen molar-refractivity contribution in [3.05, 3.63) is 100 Å². The van der Waals surface area contributed by atoms with Gasteiger partial charge in [-0.25, -0.2) is 4.98 Å². The molecular weight excluding hydrogens is 579 g/mol. The highest BCUT2D eigenvalue weighted by Crippen LogP contribution is 2.40. The zero-order valence-corrected chi connectivity index (χ0v) is 25.7. The van der Waals surface area contributed by atoms with Gasteiger partial charge in [0.2, 0.25) is 0 Å². The maximum absolute atomic E-state index is 14.4. The number of fused-ring (bicyclic) bond motifs is 1. The summed E-state index contributed by atoms with van der Waals surface area (Å²) in [6.45, 7) is 6.27. The molecule has 2 aliphatic heterocycles. The number of aromatic nitrogens is 3. The minimum atomic E-state index is 0.0113. The Balaban J connectivity index is 1.33. The molecule has 1 unspecified atom stereocenters. The summed E-state index contributed by atoms with van der Waals surface area (Å²) in [5, 5.41) is 2.26. The zero-order chi connectivity index (χ0) is 29.5. The molecule has 1 amide bonds. The normalized spacial score (nSPS) is 18.1. The van der Waals surface area contributed by atoms with Crippen molar-refractivity contribution >= 4 is 40.0 Å². The molecule has 0 saturated carbocycles. The fraction of sp³-hybridized carbons (Fsp3) is 0.294. The first-order valence-corrected chi connectivity index (χ1v) is 15.6. The highest BCUT2D eigenvalue weighted by atomic mass is 35.5. The number of likely N-dealkylation sites (tertiary alicyclic amines) is 1. The van der Waals surface area contributed by atoms with E-state index in [9.17, 15) is 4.79 Å². The Morgan fingerprint density at radius 3 is 2.44 bits per heavy atom. The molecular formula is C34H34Cl2N6O. The van der Waals surface area contributed by atoms with Crippen LogP contribution in [0.15, 0.2) is 79.1 Å². The predicted molar refractivity (Wildman–Crippen MR) is 174 cm³/mol. The molecule has 0 spiro atoms. The van der Waals surface area contributed by atoms with E-state index in [1.165, 1.54) is 0 Å². The van der Waals surface area contributed by atoms with E-state index in [0.29, 0.717) is 28.3 Å². The van der Waals surface area contributed by atoms with E-state index in [1.807, 2.05) is 71.9 Å². The number of amides is 1. The summed E-state index contributed by atoms with van der Waals surface area (Å²) in [6, 6.07) is 24.2. The Morgan fingerprint density at radius 1 is 0.930 bits per heavy atom. The monoisotopic (exact) mass is 612 g/mol. The Bertz CT molecular complexity index is 1760. The van der Waals surface area contributed by atoms with Crippen molar-refractivity contribution in [2.24, 2.45) is 0 Å². The summed E-state index contributed by atoms with van der Waals surface area (Å²) in [4.78, 5) is 29.8. The van der Waals surface area contributed by atoms with Crippen LogP contribution in [-0.2, 0) is 6.54 Å². The van der Waals surface area contributed by atoms with Crippen LogP contribution in [-0.4, -0.2) is 87.5 Å². The number of aromatic amines is 1. The summed E-state index contributed by atoms with van der Waals surface area (Å²) < 4.78 is 2.14. The molecule has 5 aromatic rings. The van der Waals surface area contributed by atoms with E-state index in [-0.39, 0.29) is 5.91 Å². The fourth-order valence-corrected chi connectivity index (χ4v) is 6.80. The number of rotatable bonds is 6. The number of nitrogens with one attached hydrogen (secondary N) is 1. The molecule has 0 radical (unpaired) electrons. The molecule has 2 aromatic heterocycles. The van der Waals surface area contributed by atoms with Crippen molar-refractivity contribution in [3.63, 3.8) is 0 Å². The van der Waals surface area contributed by atoms with E-state index in [1.54, 1.807) is 0 Å². The van der Waals surface area contributed by atoms with Crippen molar-refractivity contribution < 1.29 is 4.79 Å². The first kappa shape index (κ1) is 28.2. The smallest absolute Gasteiger partial charge is 0.271 e. The van der Waals surface area contributed by atoms with Crippen LogP contribution in [0.4, 0.5) is 0 Å². The van der Waals surface area contributed by atoms with Crippen LogP contribution in [0.3, 0.4) is 0 Å². The van der Waals surface area contributed by atoms with Crippen molar-refractivity contribution in [1.82, 2.24) is 29.2 Å². The van der Waals surface area contributed by atoms with E-state index < -0.39 is 0 Å². The molecule has 0 bridgehead atoms. The van der Waals surface area contributed by atoms with E-state index in [0.717, 1.165) is 84.7 Å². The minimum Gasteiger partial charge on any atom is -0.350 e. The largest absolute Gasteiger partial charge is 0.350 e. The van der Waals surface area contributed by atoms with Crippen LogP contribution >= 0.6 is 23.2 Å². The van der Waals surface area contributed by atoms with Crippen LogP contribution in [0.2, 0.25) is 10.0 Å². The summed E-state index contributed by atoms with van der Waals surface area (Å²) in [6.07, 6.45) is 2.86. The number of hydrogen-bond donors (Lipinski definition) is 1. The molecule has 2 aliphatic rings. The number of piperazine rings is 1. The van der Waals surface area contributed by atoms with Gasteiger partial charge in [-0.05, 0) is 43.3 Å². The Morgan fingerprint density at radius 2 is 1.67 bits per heavy atom. The van der Waals surface area contributed by atoms with Crippen molar-refractivity contribution in [2.45, 2.75) is 19.0 Å². The number of nitrogens with zero attached hydrogens (tertiary/aromatic N) is 5. The molecule has 0 aliphatic carbocycles.